The third-order valence-electron chi connectivity index (χ3n) is 4.61. The van der Waals surface area contributed by atoms with E-state index in [9.17, 15) is 9.59 Å². The number of rotatable bonds is 1. The second-order valence-corrected chi connectivity index (χ2v) is 7.74. The van der Waals surface area contributed by atoms with E-state index in [0.29, 0.717) is 32.7 Å². The van der Waals surface area contributed by atoms with Crippen molar-refractivity contribution in [2.75, 3.05) is 32.7 Å². The summed E-state index contributed by atoms with van der Waals surface area (Å²) in [6, 6.07) is -0.564. The van der Waals surface area contributed by atoms with E-state index in [-0.39, 0.29) is 24.1 Å². The van der Waals surface area contributed by atoms with E-state index in [2.05, 4.69) is 22.1 Å². The predicted octanol–water partition coefficient (Wildman–Crippen LogP) is 0.615. The van der Waals surface area contributed by atoms with Crippen molar-refractivity contribution in [1.29, 1.82) is 0 Å². The Kier molecular flexibility index (Phi) is 5.31. The molecule has 3 aliphatic rings. The van der Waals surface area contributed by atoms with Crippen molar-refractivity contribution in [3.8, 4) is 11.8 Å². The lowest BCUT2D eigenvalue weighted by Crippen LogP contribution is -2.57. The fourth-order valence-corrected chi connectivity index (χ4v) is 3.36. The lowest BCUT2D eigenvalue weighted by atomic mass is 10.1. The minimum Gasteiger partial charge on any atom is -0.444 e. The predicted molar refractivity (Wildman–Crippen MR) is 102 cm³/mol. The molecule has 8 heteroatoms. The largest absolute Gasteiger partial charge is 0.444 e. The summed E-state index contributed by atoms with van der Waals surface area (Å²) in [6.45, 7) is 10.2. The first kappa shape index (κ1) is 19.1. The third kappa shape index (κ3) is 4.18. The molecule has 1 saturated heterocycles. The van der Waals surface area contributed by atoms with Gasteiger partial charge in [0.05, 0.1) is 6.54 Å². The van der Waals surface area contributed by atoms with Gasteiger partial charge in [-0.05, 0) is 33.8 Å². The van der Waals surface area contributed by atoms with E-state index in [1.807, 2.05) is 31.7 Å². The summed E-state index contributed by atoms with van der Waals surface area (Å²) >= 11 is 0. The fourth-order valence-electron chi connectivity index (χ4n) is 3.36. The molecule has 3 aliphatic heterocycles. The van der Waals surface area contributed by atoms with E-state index < -0.39 is 5.60 Å². The van der Waals surface area contributed by atoms with Crippen LogP contribution in [0.2, 0.25) is 0 Å². The molecule has 0 aromatic carbocycles. The first-order chi connectivity index (χ1) is 12.8. The second-order valence-electron chi connectivity index (χ2n) is 7.74. The lowest BCUT2D eigenvalue weighted by Gasteiger charge is -2.39. The number of amides is 2. The fraction of sp³-hybridized carbons (Fsp3) is 0.632. The van der Waals surface area contributed by atoms with E-state index >= 15 is 0 Å². The number of nitrogens with one attached hydrogen (secondary N) is 1. The maximum atomic E-state index is 12.3. The standard InChI is InChI=1S/C19H27N5O3/c1-5-6-9-24-15-14(7-8-20-16(15)25)21-17(24)22-10-12-23(13-11-22)18(26)27-19(2,3)4/h7-8,14-15H,9-13H2,1-4H3,(H,20,25). The van der Waals surface area contributed by atoms with Gasteiger partial charge >= 0.3 is 6.09 Å². The van der Waals surface area contributed by atoms with Gasteiger partial charge in [-0.1, -0.05) is 5.92 Å². The Bertz CT molecular complexity index is 720. The quantitative estimate of drug-likeness (QED) is 0.682. The molecule has 1 N–H and O–H groups in total. The highest BCUT2D eigenvalue weighted by Gasteiger charge is 2.43. The Hall–Kier alpha value is -2.69. The smallest absolute Gasteiger partial charge is 0.410 e. The SMILES string of the molecule is CC#CCN1C(N2CCN(C(=O)OC(C)(C)C)CC2)=NC2C=CNC(=O)C21. The first-order valence-electron chi connectivity index (χ1n) is 9.24. The van der Waals surface area contributed by atoms with Crippen molar-refractivity contribution in [3.63, 3.8) is 0 Å². The number of carbonyl (C=O) groups excluding carboxylic acids is 2. The number of piperazine rings is 1. The van der Waals surface area contributed by atoms with Crippen molar-refractivity contribution in [2.45, 2.75) is 45.4 Å². The molecule has 0 radical (unpaired) electrons. The van der Waals surface area contributed by atoms with Gasteiger partial charge in [-0.15, -0.1) is 5.92 Å². The van der Waals surface area contributed by atoms with Crippen molar-refractivity contribution in [1.82, 2.24) is 20.0 Å². The van der Waals surface area contributed by atoms with Crippen LogP contribution in [0.4, 0.5) is 4.79 Å². The van der Waals surface area contributed by atoms with E-state index in [0.717, 1.165) is 5.96 Å². The molecule has 2 amide bonds. The number of ether oxygens (including phenoxy) is 1. The molecule has 2 atom stereocenters. The Morgan fingerprint density at radius 3 is 2.67 bits per heavy atom. The highest BCUT2D eigenvalue weighted by Crippen LogP contribution is 2.24. The maximum absolute atomic E-state index is 12.3. The van der Waals surface area contributed by atoms with Crippen LogP contribution < -0.4 is 5.32 Å². The van der Waals surface area contributed by atoms with Crippen molar-refractivity contribution in [2.24, 2.45) is 4.99 Å². The van der Waals surface area contributed by atoms with Crippen LogP contribution in [0.5, 0.6) is 0 Å². The van der Waals surface area contributed by atoms with Gasteiger partial charge in [-0.25, -0.2) is 9.79 Å². The molecular weight excluding hydrogens is 346 g/mol. The summed E-state index contributed by atoms with van der Waals surface area (Å²) in [7, 11) is 0. The number of hydrogen-bond donors (Lipinski definition) is 1. The van der Waals surface area contributed by atoms with Gasteiger partial charge in [-0.3, -0.25) is 4.79 Å². The molecule has 0 bridgehead atoms. The van der Waals surface area contributed by atoms with E-state index in [1.54, 1.807) is 18.0 Å². The van der Waals surface area contributed by atoms with Gasteiger partial charge in [0.15, 0.2) is 5.96 Å². The average molecular weight is 373 g/mol. The molecular formula is C19H27N5O3. The highest BCUT2D eigenvalue weighted by molar-refractivity contribution is 5.94. The van der Waals surface area contributed by atoms with Crippen LogP contribution in [0.1, 0.15) is 27.7 Å². The normalized spacial score (nSPS) is 24.7. The van der Waals surface area contributed by atoms with E-state index in [4.69, 9.17) is 9.73 Å². The number of hydrogen-bond acceptors (Lipinski definition) is 6. The Morgan fingerprint density at radius 1 is 1.33 bits per heavy atom. The van der Waals surface area contributed by atoms with Gasteiger partial charge < -0.3 is 24.8 Å². The molecule has 3 rings (SSSR count). The molecule has 0 aliphatic carbocycles. The first-order valence-corrected chi connectivity index (χ1v) is 9.24. The highest BCUT2D eigenvalue weighted by atomic mass is 16.6. The molecule has 3 heterocycles. The summed E-state index contributed by atoms with van der Waals surface area (Å²) in [5, 5.41) is 2.76. The Balaban J connectivity index is 1.68. The van der Waals surface area contributed by atoms with Gasteiger partial charge in [0, 0.05) is 32.4 Å². The maximum Gasteiger partial charge on any atom is 0.410 e. The van der Waals surface area contributed by atoms with Crippen molar-refractivity contribution < 1.29 is 14.3 Å². The number of carbonyl (C=O) groups is 2. The van der Waals surface area contributed by atoms with Crippen LogP contribution in [0.3, 0.4) is 0 Å². The molecule has 0 aromatic rings. The topological polar surface area (TPSA) is 77.5 Å². The molecule has 1 fully saturated rings. The zero-order chi connectivity index (χ0) is 19.6. The monoisotopic (exact) mass is 373 g/mol. The van der Waals surface area contributed by atoms with Crippen LogP contribution in [0.25, 0.3) is 0 Å². The summed E-state index contributed by atoms with van der Waals surface area (Å²) in [5.41, 5.74) is -0.505. The van der Waals surface area contributed by atoms with Crippen molar-refractivity contribution in [3.05, 3.63) is 12.3 Å². The number of nitrogens with zero attached hydrogens (tertiary/aromatic N) is 4. The van der Waals surface area contributed by atoms with Crippen LogP contribution >= 0.6 is 0 Å². The van der Waals surface area contributed by atoms with Crippen LogP contribution in [0.15, 0.2) is 17.3 Å². The van der Waals surface area contributed by atoms with Crippen molar-refractivity contribution >= 4 is 18.0 Å². The zero-order valence-corrected chi connectivity index (χ0v) is 16.4. The summed E-state index contributed by atoms with van der Waals surface area (Å²) in [5.74, 6) is 6.65. The zero-order valence-electron chi connectivity index (χ0n) is 16.4. The minimum atomic E-state index is -0.505. The van der Waals surface area contributed by atoms with Gasteiger partial charge in [-0.2, -0.15) is 0 Å². The van der Waals surface area contributed by atoms with Gasteiger partial charge in [0.25, 0.3) is 0 Å². The Morgan fingerprint density at radius 2 is 2.04 bits per heavy atom. The summed E-state index contributed by atoms with van der Waals surface area (Å²) in [6.07, 6.45) is 3.27. The van der Waals surface area contributed by atoms with Crippen LogP contribution in [0, 0.1) is 11.8 Å². The van der Waals surface area contributed by atoms with Crippen LogP contribution in [-0.4, -0.2) is 83.1 Å². The third-order valence-corrected chi connectivity index (χ3v) is 4.61. The number of guanidine groups is 1. The second kappa shape index (κ2) is 7.51. The molecule has 27 heavy (non-hydrogen) atoms. The molecule has 0 saturated carbocycles. The average Bonchev–Trinajstić information content (AvgIpc) is 2.98. The molecule has 146 valence electrons. The minimum absolute atomic E-state index is 0.0634. The van der Waals surface area contributed by atoms with Crippen LogP contribution in [-0.2, 0) is 9.53 Å². The molecule has 0 spiro atoms. The number of aliphatic imine (C=N–C) groups is 1. The molecule has 0 aromatic heterocycles. The molecule has 2 unspecified atom stereocenters. The Labute approximate surface area is 160 Å². The summed E-state index contributed by atoms with van der Waals surface area (Å²) < 4.78 is 5.45. The van der Waals surface area contributed by atoms with Gasteiger partial charge in [0.1, 0.15) is 17.7 Å². The van der Waals surface area contributed by atoms with E-state index in [1.165, 1.54) is 0 Å². The number of fused-ring (bicyclic) bond motifs is 1. The summed E-state index contributed by atoms with van der Waals surface area (Å²) in [4.78, 5) is 35.2. The molecule has 8 nitrogen and oxygen atoms in total. The van der Waals surface area contributed by atoms with Gasteiger partial charge in [0.2, 0.25) is 5.91 Å². The lowest BCUT2D eigenvalue weighted by molar-refractivity contribution is -0.124.